The van der Waals surface area contributed by atoms with Gasteiger partial charge in [0.25, 0.3) is 0 Å². The minimum absolute atomic E-state index is 0.113. The summed E-state index contributed by atoms with van der Waals surface area (Å²) < 4.78 is 0. The van der Waals surface area contributed by atoms with Crippen LogP contribution >= 0.6 is 0 Å². The number of terminal acetylenes is 1. The predicted octanol–water partition coefficient (Wildman–Crippen LogP) is 1.27. The summed E-state index contributed by atoms with van der Waals surface area (Å²) in [4.78, 5) is 35.1. The van der Waals surface area contributed by atoms with E-state index in [0.717, 1.165) is 0 Å². The van der Waals surface area contributed by atoms with Crippen LogP contribution in [0.1, 0.15) is 32.8 Å². The molecule has 1 aromatic carbocycles. The molecule has 128 valence electrons. The highest BCUT2D eigenvalue weighted by Crippen LogP contribution is 2.12. The van der Waals surface area contributed by atoms with Gasteiger partial charge in [0.15, 0.2) is 0 Å². The Bertz CT molecular complexity index is 654. The van der Waals surface area contributed by atoms with Crippen LogP contribution in [-0.2, 0) is 14.4 Å². The summed E-state index contributed by atoms with van der Waals surface area (Å²) in [6.45, 7) is 5.46. The van der Waals surface area contributed by atoms with E-state index >= 15 is 0 Å². The van der Waals surface area contributed by atoms with Crippen LogP contribution in [-0.4, -0.2) is 30.8 Å². The van der Waals surface area contributed by atoms with Gasteiger partial charge in [0.2, 0.25) is 17.7 Å². The molecule has 0 aliphatic rings. The second-order valence-corrected chi connectivity index (χ2v) is 6.31. The van der Waals surface area contributed by atoms with E-state index in [-0.39, 0.29) is 37.2 Å². The van der Waals surface area contributed by atoms with Crippen molar-refractivity contribution in [2.24, 2.45) is 5.41 Å². The largest absolute Gasteiger partial charge is 0.355 e. The van der Waals surface area contributed by atoms with Crippen molar-refractivity contribution in [3.05, 3.63) is 29.8 Å². The molecule has 1 rings (SSSR count). The van der Waals surface area contributed by atoms with Crippen LogP contribution in [0, 0.1) is 17.8 Å². The Labute approximate surface area is 142 Å². The molecule has 0 unspecified atom stereocenters. The minimum atomic E-state index is -0.497. The van der Waals surface area contributed by atoms with Crippen LogP contribution in [0.25, 0.3) is 0 Å². The Morgan fingerprint density at radius 1 is 1.12 bits per heavy atom. The predicted molar refractivity (Wildman–Crippen MR) is 93.1 cm³/mol. The van der Waals surface area contributed by atoms with Gasteiger partial charge < -0.3 is 16.0 Å². The van der Waals surface area contributed by atoms with Crippen LogP contribution in [0.4, 0.5) is 5.69 Å². The lowest BCUT2D eigenvalue weighted by Gasteiger charge is -2.17. The van der Waals surface area contributed by atoms with E-state index in [0.29, 0.717) is 11.3 Å². The molecular weight excluding hydrogens is 306 g/mol. The number of benzene rings is 1. The summed E-state index contributed by atoms with van der Waals surface area (Å²) >= 11 is 0. The van der Waals surface area contributed by atoms with Crippen molar-refractivity contribution < 1.29 is 14.4 Å². The Kier molecular flexibility index (Phi) is 6.99. The van der Waals surface area contributed by atoms with Gasteiger partial charge in [0.05, 0.1) is 6.54 Å². The third kappa shape index (κ3) is 6.97. The first-order valence-electron chi connectivity index (χ1n) is 7.64. The van der Waals surface area contributed by atoms with Crippen molar-refractivity contribution in [1.82, 2.24) is 10.6 Å². The van der Waals surface area contributed by atoms with Crippen LogP contribution in [0.5, 0.6) is 0 Å². The smallest absolute Gasteiger partial charge is 0.243 e. The molecule has 24 heavy (non-hydrogen) atoms. The minimum Gasteiger partial charge on any atom is -0.355 e. The molecule has 0 spiro atoms. The number of hydrogen-bond acceptors (Lipinski definition) is 3. The molecule has 3 N–H and O–H groups in total. The van der Waals surface area contributed by atoms with Gasteiger partial charge in [-0.25, -0.2) is 0 Å². The second kappa shape index (κ2) is 8.73. The molecule has 0 aromatic heterocycles. The first-order chi connectivity index (χ1) is 11.2. The summed E-state index contributed by atoms with van der Waals surface area (Å²) in [5.74, 6) is 1.70. The van der Waals surface area contributed by atoms with E-state index in [1.165, 1.54) is 0 Å². The number of nitrogens with one attached hydrogen (secondary N) is 3. The fourth-order valence-corrected chi connectivity index (χ4v) is 1.71. The lowest BCUT2D eigenvalue weighted by molar-refractivity contribution is -0.129. The van der Waals surface area contributed by atoms with Crippen molar-refractivity contribution in [3.8, 4) is 12.3 Å². The standard InChI is InChI=1S/C18H23N3O3/c1-5-13-7-6-8-14(11-13)21-16(23)12-20-15(22)9-10-19-17(24)18(2,3)4/h1,6-8,11H,9-10,12H2,2-4H3,(H,19,24)(H,20,22)(H,21,23). The zero-order chi connectivity index (χ0) is 18.2. The third-order valence-corrected chi connectivity index (χ3v) is 3.08. The molecule has 0 fully saturated rings. The third-order valence-electron chi connectivity index (χ3n) is 3.08. The number of anilines is 1. The highest BCUT2D eigenvalue weighted by Gasteiger charge is 2.20. The summed E-state index contributed by atoms with van der Waals surface area (Å²) in [6, 6.07) is 6.87. The molecule has 0 radical (unpaired) electrons. The fourth-order valence-electron chi connectivity index (χ4n) is 1.71. The van der Waals surface area contributed by atoms with Gasteiger partial charge in [-0.15, -0.1) is 6.42 Å². The fraction of sp³-hybridized carbons (Fsp3) is 0.389. The molecule has 0 aliphatic heterocycles. The molecule has 0 saturated heterocycles. The Balaban J connectivity index is 2.30. The van der Waals surface area contributed by atoms with E-state index in [9.17, 15) is 14.4 Å². The van der Waals surface area contributed by atoms with Gasteiger partial charge in [-0.3, -0.25) is 14.4 Å². The summed E-state index contributed by atoms with van der Waals surface area (Å²) in [5, 5.41) is 7.82. The Hall–Kier alpha value is -2.81. The number of carbonyl (C=O) groups is 3. The molecule has 6 nitrogen and oxygen atoms in total. The van der Waals surface area contributed by atoms with Gasteiger partial charge in [0.1, 0.15) is 0 Å². The molecule has 0 atom stereocenters. The Morgan fingerprint density at radius 2 is 1.83 bits per heavy atom. The number of carbonyl (C=O) groups excluding carboxylic acids is 3. The summed E-state index contributed by atoms with van der Waals surface area (Å²) in [7, 11) is 0. The Morgan fingerprint density at radius 3 is 2.46 bits per heavy atom. The molecule has 6 heteroatoms. The molecule has 1 aromatic rings. The maximum atomic E-state index is 11.8. The van der Waals surface area contributed by atoms with Crippen LogP contribution in [0.2, 0.25) is 0 Å². The average Bonchev–Trinajstić information content (AvgIpc) is 2.52. The highest BCUT2D eigenvalue weighted by atomic mass is 16.2. The van der Waals surface area contributed by atoms with E-state index in [1.54, 1.807) is 45.0 Å². The first kappa shape index (κ1) is 19.2. The van der Waals surface area contributed by atoms with Gasteiger partial charge >= 0.3 is 0 Å². The highest BCUT2D eigenvalue weighted by molar-refractivity contribution is 5.94. The molecule has 0 bridgehead atoms. The maximum absolute atomic E-state index is 11.8. The first-order valence-corrected chi connectivity index (χ1v) is 7.64. The van der Waals surface area contributed by atoms with Gasteiger partial charge in [-0.2, -0.15) is 0 Å². The molecule has 0 heterocycles. The number of amides is 3. The van der Waals surface area contributed by atoms with Crippen LogP contribution < -0.4 is 16.0 Å². The van der Waals surface area contributed by atoms with E-state index in [2.05, 4.69) is 21.9 Å². The van der Waals surface area contributed by atoms with Gasteiger partial charge in [-0.05, 0) is 18.2 Å². The molecule has 0 saturated carbocycles. The zero-order valence-corrected chi connectivity index (χ0v) is 14.2. The van der Waals surface area contributed by atoms with E-state index in [4.69, 9.17) is 6.42 Å². The van der Waals surface area contributed by atoms with E-state index < -0.39 is 5.41 Å². The maximum Gasteiger partial charge on any atom is 0.243 e. The van der Waals surface area contributed by atoms with Crippen LogP contribution in [0.3, 0.4) is 0 Å². The zero-order valence-electron chi connectivity index (χ0n) is 14.2. The van der Waals surface area contributed by atoms with Crippen LogP contribution in [0.15, 0.2) is 24.3 Å². The SMILES string of the molecule is C#Cc1cccc(NC(=O)CNC(=O)CCNC(=O)C(C)(C)C)c1. The van der Waals surface area contributed by atoms with Gasteiger partial charge in [-0.1, -0.05) is 32.8 Å². The normalized spacial score (nSPS) is 10.4. The topological polar surface area (TPSA) is 87.3 Å². The summed E-state index contributed by atoms with van der Waals surface area (Å²) in [5.41, 5.74) is 0.733. The van der Waals surface area contributed by atoms with Crippen molar-refractivity contribution in [2.45, 2.75) is 27.2 Å². The van der Waals surface area contributed by atoms with Crippen molar-refractivity contribution in [2.75, 3.05) is 18.4 Å². The molecule has 3 amide bonds. The number of hydrogen-bond donors (Lipinski definition) is 3. The molecule has 0 aliphatic carbocycles. The number of rotatable bonds is 6. The quantitative estimate of drug-likeness (QED) is 0.687. The van der Waals surface area contributed by atoms with E-state index in [1.807, 2.05) is 0 Å². The lowest BCUT2D eigenvalue weighted by atomic mass is 9.96. The van der Waals surface area contributed by atoms with Gasteiger partial charge in [0, 0.05) is 29.6 Å². The summed E-state index contributed by atoms with van der Waals surface area (Å²) in [6.07, 6.45) is 5.41. The average molecular weight is 329 g/mol. The van der Waals surface area contributed by atoms with Crippen molar-refractivity contribution >= 4 is 23.4 Å². The lowest BCUT2D eigenvalue weighted by Crippen LogP contribution is -2.38. The second-order valence-electron chi connectivity index (χ2n) is 6.31. The monoisotopic (exact) mass is 329 g/mol. The van der Waals surface area contributed by atoms with Crippen molar-refractivity contribution in [1.29, 1.82) is 0 Å². The molecular formula is C18H23N3O3. The van der Waals surface area contributed by atoms with Crippen molar-refractivity contribution in [3.63, 3.8) is 0 Å².